The predicted octanol–water partition coefficient (Wildman–Crippen LogP) is 4.08. The number of hydrogen-bond donors (Lipinski definition) is 2. The molecule has 0 aliphatic heterocycles. The van der Waals surface area contributed by atoms with E-state index < -0.39 is 0 Å². The number of nitrogen functional groups attached to an aromatic ring is 1. The van der Waals surface area contributed by atoms with Gasteiger partial charge in [0.1, 0.15) is 0 Å². The number of rotatable bonds is 3. The van der Waals surface area contributed by atoms with Crippen LogP contribution in [0.5, 0.6) is 0 Å². The van der Waals surface area contributed by atoms with Gasteiger partial charge in [0.25, 0.3) is 0 Å². The zero-order chi connectivity index (χ0) is 13.9. The molecule has 1 heterocycles. The fourth-order valence-electron chi connectivity index (χ4n) is 2.22. The minimum absolute atomic E-state index is 0.623. The minimum Gasteiger partial charge on any atom is -0.397 e. The number of benzene rings is 2. The quantitative estimate of drug-likeness (QED) is 0.712. The van der Waals surface area contributed by atoms with Gasteiger partial charge in [0.15, 0.2) is 0 Å². The van der Waals surface area contributed by atoms with Crippen molar-refractivity contribution in [3.05, 3.63) is 65.3 Å². The average molecular weight is 284 g/mol. The number of nitrogens with two attached hydrogens (primary N) is 1. The van der Waals surface area contributed by atoms with Crippen LogP contribution in [0.25, 0.3) is 10.9 Å². The lowest BCUT2D eigenvalue weighted by Gasteiger charge is -2.12. The van der Waals surface area contributed by atoms with Crippen molar-refractivity contribution >= 4 is 33.9 Å². The molecule has 0 radical (unpaired) electrons. The summed E-state index contributed by atoms with van der Waals surface area (Å²) in [7, 11) is 0. The van der Waals surface area contributed by atoms with Gasteiger partial charge in [0.2, 0.25) is 0 Å². The van der Waals surface area contributed by atoms with Crippen LogP contribution < -0.4 is 11.1 Å². The first-order valence-electron chi connectivity index (χ1n) is 6.36. The SMILES string of the molecule is Nc1cccc(Cl)c1NCc1cccc2cccnc12. The summed E-state index contributed by atoms with van der Waals surface area (Å²) < 4.78 is 0. The van der Waals surface area contributed by atoms with E-state index in [4.69, 9.17) is 17.3 Å². The second kappa shape index (κ2) is 5.39. The van der Waals surface area contributed by atoms with Crippen molar-refractivity contribution in [3.63, 3.8) is 0 Å². The Morgan fingerprint density at radius 3 is 2.70 bits per heavy atom. The number of nitrogens with one attached hydrogen (secondary N) is 1. The molecule has 0 saturated carbocycles. The van der Waals surface area contributed by atoms with Crippen LogP contribution in [0, 0.1) is 0 Å². The summed E-state index contributed by atoms with van der Waals surface area (Å²) in [6, 6.07) is 15.6. The normalized spacial score (nSPS) is 10.7. The van der Waals surface area contributed by atoms with E-state index in [1.807, 2.05) is 30.3 Å². The molecule has 0 bridgehead atoms. The van der Waals surface area contributed by atoms with Crippen LogP contribution in [0.1, 0.15) is 5.56 Å². The van der Waals surface area contributed by atoms with Gasteiger partial charge in [-0.05, 0) is 23.8 Å². The molecule has 0 atom stereocenters. The molecule has 100 valence electrons. The molecule has 0 aliphatic carbocycles. The molecule has 1 aromatic heterocycles. The molecule has 3 aromatic rings. The molecular formula is C16H14ClN3. The Kier molecular flexibility index (Phi) is 3.44. The van der Waals surface area contributed by atoms with Crippen LogP contribution in [0.3, 0.4) is 0 Å². The number of fused-ring (bicyclic) bond motifs is 1. The lowest BCUT2D eigenvalue weighted by atomic mass is 10.1. The largest absolute Gasteiger partial charge is 0.397 e. The molecule has 3 nitrogen and oxygen atoms in total. The number of hydrogen-bond acceptors (Lipinski definition) is 3. The number of halogens is 1. The highest BCUT2D eigenvalue weighted by atomic mass is 35.5. The van der Waals surface area contributed by atoms with Gasteiger partial charge in [-0.25, -0.2) is 0 Å². The summed E-state index contributed by atoms with van der Waals surface area (Å²) in [5.74, 6) is 0. The minimum atomic E-state index is 0.623. The summed E-state index contributed by atoms with van der Waals surface area (Å²) in [5, 5.41) is 5.04. The predicted molar refractivity (Wildman–Crippen MR) is 84.9 cm³/mol. The fourth-order valence-corrected chi connectivity index (χ4v) is 2.47. The Hall–Kier alpha value is -2.26. The second-order valence-corrected chi connectivity index (χ2v) is 4.96. The number of anilines is 2. The van der Waals surface area contributed by atoms with Crippen LogP contribution in [-0.2, 0) is 6.54 Å². The van der Waals surface area contributed by atoms with Gasteiger partial charge < -0.3 is 11.1 Å². The maximum Gasteiger partial charge on any atom is 0.0765 e. The highest BCUT2D eigenvalue weighted by molar-refractivity contribution is 6.33. The average Bonchev–Trinajstić information content (AvgIpc) is 2.47. The molecule has 0 aliphatic rings. The molecule has 0 amide bonds. The Labute approximate surface area is 122 Å². The summed E-state index contributed by atoms with van der Waals surface area (Å²) in [5.41, 5.74) is 9.45. The number of para-hydroxylation sites is 2. The van der Waals surface area contributed by atoms with Gasteiger partial charge in [0, 0.05) is 18.1 Å². The first-order valence-corrected chi connectivity index (χ1v) is 6.74. The van der Waals surface area contributed by atoms with E-state index >= 15 is 0 Å². The van der Waals surface area contributed by atoms with Crippen molar-refractivity contribution in [1.29, 1.82) is 0 Å². The van der Waals surface area contributed by atoms with Crippen LogP contribution in [0.2, 0.25) is 5.02 Å². The third-order valence-corrected chi connectivity index (χ3v) is 3.53. The van der Waals surface area contributed by atoms with Gasteiger partial charge in [0.05, 0.1) is 21.9 Å². The molecule has 4 heteroatoms. The van der Waals surface area contributed by atoms with Crippen LogP contribution in [0.4, 0.5) is 11.4 Å². The van der Waals surface area contributed by atoms with Gasteiger partial charge >= 0.3 is 0 Å². The fraction of sp³-hybridized carbons (Fsp3) is 0.0625. The first-order chi connectivity index (χ1) is 9.75. The van der Waals surface area contributed by atoms with Crippen molar-refractivity contribution < 1.29 is 0 Å². The monoisotopic (exact) mass is 283 g/mol. The van der Waals surface area contributed by atoms with E-state index in [1.54, 1.807) is 6.20 Å². The lowest BCUT2D eigenvalue weighted by Crippen LogP contribution is -2.04. The topological polar surface area (TPSA) is 50.9 Å². The Balaban J connectivity index is 1.91. The molecule has 3 N–H and O–H groups in total. The Morgan fingerprint density at radius 1 is 1.05 bits per heavy atom. The molecular weight excluding hydrogens is 270 g/mol. The lowest BCUT2D eigenvalue weighted by molar-refractivity contribution is 1.15. The smallest absolute Gasteiger partial charge is 0.0765 e. The Morgan fingerprint density at radius 2 is 1.85 bits per heavy atom. The maximum absolute atomic E-state index is 6.16. The molecule has 2 aromatic carbocycles. The maximum atomic E-state index is 6.16. The Bertz CT molecular complexity index is 730. The third-order valence-electron chi connectivity index (χ3n) is 3.22. The molecule has 0 fully saturated rings. The zero-order valence-corrected chi connectivity index (χ0v) is 11.6. The molecule has 0 unspecified atom stereocenters. The number of aromatic nitrogens is 1. The van der Waals surface area contributed by atoms with Crippen molar-refractivity contribution in [3.8, 4) is 0 Å². The molecule has 0 saturated heterocycles. The molecule has 20 heavy (non-hydrogen) atoms. The summed E-state index contributed by atoms with van der Waals surface area (Å²) in [4.78, 5) is 4.43. The van der Waals surface area contributed by atoms with E-state index in [0.717, 1.165) is 22.2 Å². The summed E-state index contributed by atoms with van der Waals surface area (Å²) in [6.45, 7) is 0.627. The van der Waals surface area contributed by atoms with Crippen molar-refractivity contribution in [1.82, 2.24) is 4.98 Å². The first kappa shape index (κ1) is 12.8. The van der Waals surface area contributed by atoms with E-state index in [-0.39, 0.29) is 0 Å². The van der Waals surface area contributed by atoms with Crippen molar-refractivity contribution in [2.24, 2.45) is 0 Å². The van der Waals surface area contributed by atoms with E-state index in [0.29, 0.717) is 17.3 Å². The third kappa shape index (κ3) is 2.40. The van der Waals surface area contributed by atoms with Crippen molar-refractivity contribution in [2.45, 2.75) is 6.54 Å². The van der Waals surface area contributed by atoms with Crippen molar-refractivity contribution in [2.75, 3.05) is 11.1 Å². The molecule has 3 rings (SSSR count). The highest BCUT2D eigenvalue weighted by Gasteiger charge is 2.06. The van der Waals surface area contributed by atoms with Gasteiger partial charge in [-0.1, -0.05) is 41.9 Å². The number of nitrogens with zero attached hydrogens (tertiary/aromatic N) is 1. The zero-order valence-electron chi connectivity index (χ0n) is 10.8. The van der Waals surface area contributed by atoms with E-state index in [1.165, 1.54) is 0 Å². The van der Waals surface area contributed by atoms with Crippen LogP contribution in [0.15, 0.2) is 54.7 Å². The van der Waals surface area contributed by atoms with Crippen LogP contribution >= 0.6 is 11.6 Å². The van der Waals surface area contributed by atoms with E-state index in [2.05, 4.69) is 28.5 Å². The molecule has 0 spiro atoms. The summed E-state index contributed by atoms with van der Waals surface area (Å²) in [6.07, 6.45) is 1.80. The van der Waals surface area contributed by atoms with Gasteiger partial charge in [-0.2, -0.15) is 0 Å². The standard InChI is InChI=1S/C16H14ClN3/c17-13-7-2-8-14(18)16(13)20-10-12-5-1-4-11-6-3-9-19-15(11)12/h1-9,20H,10,18H2. The highest BCUT2D eigenvalue weighted by Crippen LogP contribution is 2.28. The second-order valence-electron chi connectivity index (χ2n) is 4.55. The van der Waals surface area contributed by atoms with E-state index in [9.17, 15) is 0 Å². The van der Waals surface area contributed by atoms with Gasteiger partial charge in [-0.3, -0.25) is 4.98 Å². The van der Waals surface area contributed by atoms with Gasteiger partial charge in [-0.15, -0.1) is 0 Å². The number of pyridine rings is 1. The van der Waals surface area contributed by atoms with Crippen LogP contribution in [-0.4, -0.2) is 4.98 Å². The summed E-state index contributed by atoms with van der Waals surface area (Å²) >= 11 is 6.16.